The number of rotatable bonds is 4. The number of fused-ring (bicyclic) bond motifs is 1. The third-order valence-electron chi connectivity index (χ3n) is 3.10. The van der Waals surface area contributed by atoms with E-state index in [2.05, 4.69) is 9.97 Å². The fraction of sp³-hybridized carbons (Fsp3) is 0.125. The minimum absolute atomic E-state index is 0.0988. The van der Waals surface area contributed by atoms with Gasteiger partial charge in [-0.25, -0.2) is 13.8 Å². The fourth-order valence-corrected chi connectivity index (χ4v) is 2.39. The average molecular weight is 318 g/mol. The number of ether oxygens (including phenoxy) is 1. The normalized spacial score (nSPS) is 10.9. The summed E-state index contributed by atoms with van der Waals surface area (Å²) in [6.45, 7) is -0.0988. The van der Waals surface area contributed by atoms with Crippen molar-refractivity contribution in [3.05, 3.63) is 59.7 Å². The Balaban J connectivity index is 1.94. The van der Waals surface area contributed by atoms with Crippen LogP contribution in [0.1, 0.15) is 5.56 Å². The van der Waals surface area contributed by atoms with Crippen LogP contribution in [0.4, 0.5) is 8.78 Å². The van der Waals surface area contributed by atoms with E-state index in [4.69, 9.17) is 4.74 Å². The van der Waals surface area contributed by atoms with E-state index >= 15 is 0 Å². The SMILES string of the molecule is CSc1nc(OCc2cc(F)ccc2F)c2ccccc2n1. The van der Waals surface area contributed by atoms with Crippen LogP contribution in [0.15, 0.2) is 47.6 Å². The van der Waals surface area contributed by atoms with E-state index < -0.39 is 11.6 Å². The highest BCUT2D eigenvalue weighted by Gasteiger charge is 2.10. The summed E-state index contributed by atoms with van der Waals surface area (Å²) in [6.07, 6.45) is 1.86. The van der Waals surface area contributed by atoms with E-state index in [-0.39, 0.29) is 12.2 Å². The zero-order valence-electron chi connectivity index (χ0n) is 11.7. The van der Waals surface area contributed by atoms with Crippen molar-refractivity contribution >= 4 is 22.7 Å². The van der Waals surface area contributed by atoms with Gasteiger partial charge in [0, 0.05) is 5.56 Å². The molecule has 0 radical (unpaired) electrons. The third kappa shape index (κ3) is 3.01. The maximum absolute atomic E-state index is 13.6. The minimum Gasteiger partial charge on any atom is -0.472 e. The van der Waals surface area contributed by atoms with Crippen LogP contribution in [0.5, 0.6) is 5.88 Å². The molecule has 1 heterocycles. The van der Waals surface area contributed by atoms with Crippen molar-refractivity contribution in [1.29, 1.82) is 0 Å². The first-order chi connectivity index (χ1) is 10.7. The zero-order valence-corrected chi connectivity index (χ0v) is 12.5. The van der Waals surface area contributed by atoms with Crippen LogP contribution in [0, 0.1) is 11.6 Å². The molecule has 0 unspecified atom stereocenters. The summed E-state index contributed by atoms with van der Waals surface area (Å²) in [7, 11) is 0. The first kappa shape index (κ1) is 14.7. The minimum atomic E-state index is -0.509. The lowest BCUT2D eigenvalue weighted by atomic mass is 10.2. The molecule has 3 nitrogen and oxygen atoms in total. The molecule has 22 heavy (non-hydrogen) atoms. The second-order valence-corrected chi connectivity index (χ2v) is 5.33. The second kappa shape index (κ2) is 6.27. The molecule has 0 N–H and O–H groups in total. The van der Waals surface area contributed by atoms with Crippen LogP contribution in [0.25, 0.3) is 10.9 Å². The quantitative estimate of drug-likeness (QED) is 0.533. The molecule has 0 amide bonds. The van der Waals surface area contributed by atoms with E-state index in [0.29, 0.717) is 11.0 Å². The Hall–Kier alpha value is -2.21. The van der Waals surface area contributed by atoms with Gasteiger partial charge in [-0.2, -0.15) is 4.98 Å². The Kier molecular flexibility index (Phi) is 4.20. The van der Waals surface area contributed by atoms with E-state index in [9.17, 15) is 8.78 Å². The Bertz CT molecular complexity index is 826. The molecule has 0 fully saturated rings. The summed E-state index contributed by atoms with van der Waals surface area (Å²) < 4.78 is 32.5. The van der Waals surface area contributed by atoms with Crippen LogP contribution in [0.3, 0.4) is 0 Å². The molecule has 2 aromatic carbocycles. The van der Waals surface area contributed by atoms with Gasteiger partial charge >= 0.3 is 0 Å². The predicted molar refractivity (Wildman–Crippen MR) is 82.0 cm³/mol. The number of hydrogen-bond acceptors (Lipinski definition) is 4. The number of thioether (sulfide) groups is 1. The Labute approximate surface area is 130 Å². The molecule has 0 saturated carbocycles. The number of hydrogen-bond donors (Lipinski definition) is 0. The Morgan fingerprint density at radius 3 is 2.73 bits per heavy atom. The Morgan fingerprint density at radius 2 is 1.91 bits per heavy atom. The average Bonchev–Trinajstić information content (AvgIpc) is 2.55. The molecule has 112 valence electrons. The van der Waals surface area contributed by atoms with Gasteiger partial charge in [0.05, 0.1) is 10.9 Å². The number of benzene rings is 2. The molecule has 6 heteroatoms. The third-order valence-corrected chi connectivity index (χ3v) is 3.65. The van der Waals surface area contributed by atoms with Crippen molar-refractivity contribution in [2.75, 3.05) is 6.26 Å². The number of aromatic nitrogens is 2. The topological polar surface area (TPSA) is 35.0 Å². The number of halogens is 2. The second-order valence-electron chi connectivity index (χ2n) is 4.56. The van der Waals surface area contributed by atoms with Gasteiger partial charge in [0.2, 0.25) is 5.88 Å². The molecular weight excluding hydrogens is 306 g/mol. The van der Waals surface area contributed by atoms with E-state index in [1.807, 2.05) is 30.5 Å². The summed E-state index contributed by atoms with van der Waals surface area (Å²) >= 11 is 1.39. The van der Waals surface area contributed by atoms with Crippen LogP contribution in [0.2, 0.25) is 0 Å². The summed E-state index contributed by atoms with van der Waals surface area (Å²) in [6, 6.07) is 10.7. The number of para-hydroxylation sites is 1. The smallest absolute Gasteiger partial charge is 0.225 e. The molecule has 0 saturated heterocycles. The largest absolute Gasteiger partial charge is 0.472 e. The number of nitrogens with zero attached hydrogens (tertiary/aromatic N) is 2. The van der Waals surface area contributed by atoms with Crippen LogP contribution >= 0.6 is 11.8 Å². The highest BCUT2D eigenvalue weighted by Crippen LogP contribution is 2.26. The molecule has 0 bridgehead atoms. The van der Waals surface area contributed by atoms with E-state index in [1.165, 1.54) is 11.8 Å². The molecule has 3 rings (SSSR count). The molecule has 0 aliphatic carbocycles. The molecule has 0 spiro atoms. The van der Waals surface area contributed by atoms with Crippen molar-refractivity contribution in [2.45, 2.75) is 11.8 Å². The van der Waals surface area contributed by atoms with Gasteiger partial charge in [-0.15, -0.1) is 0 Å². The van der Waals surface area contributed by atoms with Crippen LogP contribution < -0.4 is 4.74 Å². The van der Waals surface area contributed by atoms with Crippen molar-refractivity contribution in [1.82, 2.24) is 9.97 Å². The molecule has 3 aromatic rings. The maximum atomic E-state index is 13.6. The standard InChI is InChI=1S/C16H12F2N2OS/c1-22-16-19-14-5-3-2-4-12(14)15(20-16)21-9-10-8-11(17)6-7-13(10)18/h2-8H,9H2,1H3. The van der Waals surface area contributed by atoms with Crippen molar-refractivity contribution in [3.8, 4) is 5.88 Å². The van der Waals surface area contributed by atoms with Crippen molar-refractivity contribution in [2.24, 2.45) is 0 Å². The molecule has 0 aliphatic heterocycles. The van der Waals surface area contributed by atoms with Gasteiger partial charge in [-0.05, 0) is 36.6 Å². The maximum Gasteiger partial charge on any atom is 0.225 e. The lowest BCUT2D eigenvalue weighted by Crippen LogP contribution is -2.02. The van der Waals surface area contributed by atoms with Crippen LogP contribution in [-0.4, -0.2) is 16.2 Å². The monoisotopic (exact) mass is 318 g/mol. The van der Waals surface area contributed by atoms with Gasteiger partial charge in [0.15, 0.2) is 5.16 Å². The van der Waals surface area contributed by atoms with Crippen LogP contribution in [-0.2, 0) is 6.61 Å². The highest BCUT2D eigenvalue weighted by molar-refractivity contribution is 7.98. The van der Waals surface area contributed by atoms with Crippen molar-refractivity contribution < 1.29 is 13.5 Å². The predicted octanol–water partition coefficient (Wildman–Crippen LogP) is 4.21. The first-order valence-electron chi connectivity index (χ1n) is 6.55. The summed E-state index contributed by atoms with van der Waals surface area (Å²) in [5.41, 5.74) is 0.893. The zero-order chi connectivity index (χ0) is 15.5. The summed E-state index contributed by atoms with van der Waals surface area (Å²) in [5.74, 6) is -0.652. The highest BCUT2D eigenvalue weighted by atomic mass is 32.2. The molecule has 0 atom stereocenters. The van der Waals surface area contributed by atoms with Crippen molar-refractivity contribution in [3.63, 3.8) is 0 Å². The lowest BCUT2D eigenvalue weighted by molar-refractivity contribution is 0.288. The van der Waals surface area contributed by atoms with Gasteiger partial charge in [-0.3, -0.25) is 0 Å². The van der Waals surface area contributed by atoms with Gasteiger partial charge in [0.25, 0.3) is 0 Å². The lowest BCUT2D eigenvalue weighted by Gasteiger charge is -2.10. The molecular formula is C16H12F2N2OS. The summed E-state index contributed by atoms with van der Waals surface area (Å²) in [4.78, 5) is 8.68. The van der Waals surface area contributed by atoms with Gasteiger partial charge in [0.1, 0.15) is 18.2 Å². The van der Waals surface area contributed by atoms with E-state index in [0.717, 1.165) is 29.1 Å². The Morgan fingerprint density at radius 1 is 1.09 bits per heavy atom. The molecule has 0 aliphatic rings. The fourth-order valence-electron chi connectivity index (χ4n) is 2.03. The molecule has 1 aromatic heterocycles. The van der Waals surface area contributed by atoms with Gasteiger partial charge in [-0.1, -0.05) is 23.9 Å². The summed E-state index contributed by atoms with van der Waals surface area (Å²) in [5, 5.41) is 1.30. The van der Waals surface area contributed by atoms with Gasteiger partial charge < -0.3 is 4.74 Å². The first-order valence-corrected chi connectivity index (χ1v) is 7.77. The van der Waals surface area contributed by atoms with E-state index in [1.54, 1.807) is 0 Å².